The van der Waals surface area contributed by atoms with Gasteiger partial charge in [-0.1, -0.05) is 12.1 Å². The molecule has 7 heteroatoms. The fourth-order valence-electron chi connectivity index (χ4n) is 2.26. The highest BCUT2D eigenvalue weighted by Gasteiger charge is 2.28. The molecule has 0 aliphatic heterocycles. The van der Waals surface area contributed by atoms with E-state index in [1.54, 1.807) is 30.4 Å². The number of hydrogen-bond donors (Lipinski definition) is 1. The van der Waals surface area contributed by atoms with E-state index in [4.69, 9.17) is 5.26 Å². The highest BCUT2D eigenvalue weighted by Crippen LogP contribution is 2.41. The minimum Gasteiger partial charge on any atom is -0.244 e. The quantitative estimate of drug-likeness (QED) is 0.870. The van der Waals surface area contributed by atoms with Gasteiger partial charge in [-0.2, -0.15) is 5.26 Å². The Morgan fingerprint density at radius 3 is 2.70 bits per heavy atom. The predicted molar refractivity (Wildman–Crippen MR) is 88.6 cm³/mol. The summed E-state index contributed by atoms with van der Waals surface area (Å²) in [5.41, 5.74) is 1.56. The van der Waals surface area contributed by atoms with E-state index in [9.17, 15) is 8.42 Å². The van der Waals surface area contributed by atoms with E-state index in [1.165, 1.54) is 25.0 Å². The van der Waals surface area contributed by atoms with Gasteiger partial charge in [0, 0.05) is 11.3 Å². The third kappa shape index (κ3) is 3.78. The molecular formula is C16H17N3O2S2. The smallest absolute Gasteiger partial charge is 0.241 e. The molecule has 1 N–H and O–H groups in total. The Morgan fingerprint density at radius 2 is 2.09 bits per heavy atom. The lowest BCUT2D eigenvalue weighted by atomic mass is 10.2. The van der Waals surface area contributed by atoms with Gasteiger partial charge in [-0.3, -0.25) is 0 Å². The van der Waals surface area contributed by atoms with Crippen LogP contribution >= 0.6 is 11.3 Å². The summed E-state index contributed by atoms with van der Waals surface area (Å²) in [7, 11) is -3.60. The van der Waals surface area contributed by atoms with Crippen LogP contribution in [0.1, 0.15) is 48.0 Å². The average molecular weight is 347 g/mol. The highest BCUT2D eigenvalue weighted by atomic mass is 32.2. The molecule has 1 aliphatic rings. The summed E-state index contributed by atoms with van der Waals surface area (Å²) < 4.78 is 27.5. The van der Waals surface area contributed by atoms with Gasteiger partial charge in [0.2, 0.25) is 10.0 Å². The van der Waals surface area contributed by atoms with Gasteiger partial charge in [-0.05, 0) is 37.5 Å². The highest BCUT2D eigenvalue weighted by molar-refractivity contribution is 7.89. The molecule has 5 nitrogen and oxygen atoms in total. The summed E-state index contributed by atoms with van der Waals surface area (Å²) in [5.74, 6) is 0.574. The van der Waals surface area contributed by atoms with Crippen molar-refractivity contribution in [1.29, 1.82) is 5.26 Å². The molecule has 1 aromatic heterocycles. The van der Waals surface area contributed by atoms with E-state index >= 15 is 0 Å². The molecule has 3 rings (SSSR count). The molecule has 1 heterocycles. The van der Waals surface area contributed by atoms with Gasteiger partial charge in [0.25, 0.3) is 0 Å². The molecule has 0 amide bonds. The Hall–Kier alpha value is -1.75. The third-order valence-electron chi connectivity index (χ3n) is 3.76. The van der Waals surface area contributed by atoms with E-state index < -0.39 is 10.0 Å². The lowest BCUT2D eigenvalue weighted by Gasteiger charge is -2.12. The molecule has 1 fully saturated rings. The van der Waals surface area contributed by atoms with Crippen LogP contribution in [0, 0.1) is 11.3 Å². The number of benzene rings is 1. The summed E-state index contributed by atoms with van der Waals surface area (Å²) >= 11 is 1.60. The maximum Gasteiger partial charge on any atom is 0.241 e. The normalized spacial score (nSPS) is 16.0. The van der Waals surface area contributed by atoms with Crippen LogP contribution in [0.5, 0.6) is 0 Å². The van der Waals surface area contributed by atoms with Gasteiger partial charge < -0.3 is 0 Å². The average Bonchev–Trinajstić information content (AvgIpc) is 3.25. The van der Waals surface area contributed by atoms with Crippen molar-refractivity contribution in [3.63, 3.8) is 0 Å². The molecule has 120 valence electrons. The number of hydrogen-bond acceptors (Lipinski definition) is 5. The Labute approximate surface area is 140 Å². The number of thiazole rings is 1. The second kappa shape index (κ2) is 6.40. The minimum atomic E-state index is -3.60. The molecule has 1 unspecified atom stereocenters. The molecule has 1 aliphatic carbocycles. The first-order valence-electron chi connectivity index (χ1n) is 7.43. The van der Waals surface area contributed by atoms with Crippen molar-refractivity contribution >= 4 is 21.4 Å². The fraction of sp³-hybridized carbons (Fsp3) is 0.375. The molecule has 0 spiro atoms. The summed E-state index contributed by atoms with van der Waals surface area (Å²) in [6.07, 6.45) is 2.64. The number of aromatic nitrogens is 1. The zero-order chi connectivity index (χ0) is 16.4. The van der Waals surface area contributed by atoms with Crippen LogP contribution in [-0.4, -0.2) is 13.4 Å². The Bertz CT molecular complexity index is 831. The maximum atomic E-state index is 12.4. The first-order chi connectivity index (χ1) is 11.0. The van der Waals surface area contributed by atoms with Crippen LogP contribution in [0.25, 0.3) is 0 Å². The van der Waals surface area contributed by atoms with Crippen molar-refractivity contribution in [3.8, 4) is 6.07 Å². The van der Waals surface area contributed by atoms with Gasteiger partial charge in [-0.15, -0.1) is 11.3 Å². The van der Waals surface area contributed by atoms with E-state index in [2.05, 4.69) is 9.71 Å². The zero-order valence-electron chi connectivity index (χ0n) is 12.7. The zero-order valence-corrected chi connectivity index (χ0v) is 14.3. The van der Waals surface area contributed by atoms with Crippen molar-refractivity contribution in [3.05, 3.63) is 45.9 Å². The molecule has 1 aromatic carbocycles. The number of nitrogens with one attached hydrogen (secondary N) is 1. The maximum absolute atomic E-state index is 12.4. The van der Waals surface area contributed by atoms with Gasteiger partial charge in [0.1, 0.15) is 0 Å². The van der Waals surface area contributed by atoms with Gasteiger partial charge in [0.15, 0.2) is 0 Å². The first-order valence-corrected chi connectivity index (χ1v) is 9.79. The molecule has 0 bridgehead atoms. The van der Waals surface area contributed by atoms with Gasteiger partial charge in [0.05, 0.1) is 34.1 Å². The van der Waals surface area contributed by atoms with Crippen LogP contribution < -0.4 is 4.72 Å². The molecule has 2 aromatic rings. The van der Waals surface area contributed by atoms with Crippen LogP contribution in [0.4, 0.5) is 0 Å². The van der Waals surface area contributed by atoms with Crippen molar-refractivity contribution in [2.75, 3.05) is 0 Å². The van der Waals surface area contributed by atoms with Crippen molar-refractivity contribution in [2.45, 2.75) is 43.0 Å². The molecule has 23 heavy (non-hydrogen) atoms. The number of rotatable bonds is 6. The molecular weight excluding hydrogens is 330 g/mol. The van der Waals surface area contributed by atoms with Crippen molar-refractivity contribution < 1.29 is 8.42 Å². The first kappa shape index (κ1) is 16.1. The van der Waals surface area contributed by atoms with E-state index in [0.29, 0.717) is 5.92 Å². The SMILES string of the molecule is CC(NS(=O)(=O)c1ccc(CC#N)cc1)c1csc(C2CC2)n1. The fourth-order valence-corrected chi connectivity index (χ4v) is 4.56. The van der Waals surface area contributed by atoms with Gasteiger partial charge >= 0.3 is 0 Å². The number of sulfonamides is 1. The largest absolute Gasteiger partial charge is 0.244 e. The monoisotopic (exact) mass is 347 g/mol. The molecule has 1 atom stereocenters. The van der Waals surface area contributed by atoms with Crippen LogP contribution in [0.2, 0.25) is 0 Å². The third-order valence-corrected chi connectivity index (χ3v) is 6.34. The lowest BCUT2D eigenvalue weighted by Crippen LogP contribution is -2.27. The van der Waals surface area contributed by atoms with E-state index in [-0.39, 0.29) is 17.4 Å². The molecule has 1 saturated carbocycles. The lowest BCUT2D eigenvalue weighted by molar-refractivity contribution is 0.564. The predicted octanol–water partition coefficient (Wildman–Crippen LogP) is 3.13. The molecule has 0 radical (unpaired) electrons. The Balaban J connectivity index is 1.72. The second-order valence-corrected chi connectivity index (χ2v) is 8.31. The van der Waals surface area contributed by atoms with Gasteiger partial charge in [-0.25, -0.2) is 18.1 Å². The minimum absolute atomic E-state index is 0.198. The van der Waals surface area contributed by atoms with E-state index in [0.717, 1.165) is 16.3 Å². The summed E-state index contributed by atoms with van der Waals surface area (Å²) in [4.78, 5) is 4.74. The van der Waals surface area contributed by atoms with E-state index in [1.807, 2.05) is 11.4 Å². The van der Waals surface area contributed by atoms with Crippen LogP contribution in [0.15, 0.2) is 34.5 Å². The topological polar surface area (TPSA) is 82.9 Å². The Kier molecular flexibility index (Phi) is 4.48. The summed E-state index contributed by atoms with van der Waals surface area (Å²) in [5, 5.41) is 11.7. The van der Waals surface area contributed by atoms with Crippen LogP contribution in [0.3, 0.4) is 0 Å². The summed E-state index contributed by atoms with van der Waals surface area (Å²) in [6, 6.07) is 8.05. The van der Waals surface area contributed by atoms with Crippen molar-refractivity contribution in [2.24, 2.45) is 0 Å². The standard InChI is InChI=1S/C16H17N3O2S2/c1-11(15-10-22-16(18-15)13-4-5-13)19-23(20,21)14-6-2-12(3-7-14)8-9-17/h2-3,6-7,10-11,13,19H,4-5,8H2,1H3. The van der Waals surface area contributed by atoms with Crippen LogP contribution in [-0.2, 0) is 16.4 Å². The number of nitrogens with zero attached hydrogens (tertiary/aromatic N) is 2. The number of nitriles is 1. The Morgan fingerprint density at radius 1 is 1.39 bits per heavy atom. The summed E-state index contributed by atoms with van der Waals surface area (Å²) in [6.45, 7) is 1.80. The van der Waals surface area contributed by atoms with Crippen molar-refractivity contribution in [1.82, 2.24) is 9.71 Å². The molecule has 0 saturated heterocycles. The second-order valence-electron chi connectivity index (χ2n) is 5.71.